The van der Waals surface area contributed by atoms with E-state index in [1.54, 1.807) is 10.9 Å². The summed E-state index contributed by atoms with van der Waals surface area (Å²) >= 11 is 0. The Hall–Kier alpha value is -1.52. The van der Waals surface area contributed by atoms with Gasteiger partial charge in [0.1, 0.15) is 0 Å². The maximum atomic E-state index is 10.5. The molecule has 0 amide bonds. The standard InChI is InChI=1S/C9H14N2O3/c1-6(2)11-5-8(4-10-11)14-7(3)9(12)13/h4-7H,1-3H3,(H,12,13)/t7-/m0/s1. The van der Waals surface area contributed by atoms with Crippen LogP contribution in [-0.2, 0) is 4.79 Å². The summed E-state index contributed by atoms with van der Waals surface area (Å²) in [6.07, 6.45) is 2.35. The molecule has 5 nitrogen and oxygen atoms in total. The van der Waals surface area contributed by atoms with E-state index in [-0.39, 0.29) is 6.04 Å². The van der Waals surface area contributed by atoms with Crippen molar-refractivity contribution < 1.29 is 14.6 Å². The molecule has 1 aromatic heterocycles. The number of aromatic nitrogens is 2. The fourth-order valence-corrected chi connectivity index (χ4v) is 0.918. The molecule has 0 saturated heterocycles. The first kappa shape index (κ1) is 10.6. The molecule has 0 fully saturated rings. The number of aliphatic carboxylic acids is 1. The van der Waals surface area contributed by atoms with E-state index in [0.29, 0.717) is 5.75 Å². The molecule has 0 radical (unpaired) electrons. The van der Waals surface area contributed by atoms with Crippen LogP contribution in [0.2, 0.25) is 0 Å². The lowest BCUT2D eigenvalue weighted by atomic mass is 10.4. The molecule has 0 unspecified atom stereocenters. The molecule has 1 aromatic rings. The second kappa shape index (κ2) is 4.13. The largest absolute Gasteiger partial charge is 0.479 e. The van der Waals surface area contributed by atoms with E-state index in [0.717, 1.165) is 0 Å². The Morgan fingerprint density at radius 1 is 1.57 bits per heavy atom. The van der Waals surface area contributed by atoms with Gasteiger partial charge < -0.3 is 9.84 Å². The van der Waals surface area contributed by atoms with Crippen LogP contribution >= 0.6 is 0 Å². The molecule has 0 bridgehead atoms. The lowest BCUT2D eigenvalue weighted by Gasteiger charge is -2.07. The number of hydrogen-bond acceptors (Lipinski definition) is 3. The fourth-order valence-electron chi connectivity index (χ4n) is 0.918. The van der Waals surface area contributed by atoms with Gasteiger partial charge in [-0.1, -0.05) is 0 Å². The van der Waals surface area contributed by atoms with Gasteiger partial charge in [-0.3, -0.25) is 4.68 Å². The van der Waals surface area contributed by atoms with Crippen molar-refractivity contribution in [1.82, 2.24) is 9.78 Å². The highest BCUT2D eigenvalue weighted by Gasteiger charge is 2.13. The molecule has 0 aliphatic carbocycles. The van der Waals surface area contributed by atoms with Gasteiger partial charge in [0, 0.05) is 6.04 Å². The van der Waals surface area contributed by atoms with E-state index >= 15 is 0 Å². The van der Waals surface area contributed by atoms with Gasteiger partial charge in [-0.05, 0) is 20.8 Å². The van der Waals surface area contributed by atoms with Gasteiger partial charge in [0.2, 0.25) is 0 Å². The first-order valence-electron chi connectivity index (χ1n) is 4.44. The Morgan fingerprint density at radius 3 is 2.64 bits per heavy atom. The molecule has 1 atom stereocenters. The summed E-state index contributed by atoms with van der Waals surface area (Å²) < 4.78 is 6.84. The minimum absolute atomic E-state index is 0.243. The first-order valence-corrected chi connectivity index (χ1v) is 4.44. The average molecular weight is 198 g/mol. The second-order valence-electron chi connectivity index (χ2n) is 3.35. The maximum Gasteiger partial charge on any atom is 0.344 e. The van der Waals surface area contributed by atoms with Crippen molar-refractivity contribution in [3.8, 4) is 5.75 Å². The Morgan fingerprint density at radius 2 is 2.21 bits per heavy atom. The average Bonchev–Trinajstić information content (AvgIpc) is 2.52. The van der Waals surface area contributed by atoms with Crippen molar-refractivity contribution in [1.29, 1.82) is 0 Å². The minimum atomic E-state index is -0.984. The third-order valence-corrected chi connectivity index (χ3v) is 1.77. The molecule has 5 heteroatoms. The Labute approximate surface area is 82.3 Å². The van der Waals surface area contributed by atoms with E-state index in [1.807, 2.05) is 13.8 Å². The highest BCUT2D eigenvalue weighted by molar-refractivity contribution is 5.72. The molecule has 0 aliphatic heterocycles. The predicted octanol–water partition coefficient (Wildman–Crippen LogP) is 1.32. The van der Waals surface area contributed by atoms with Crippen molar-refractivity contribution in [2.45, 2.75) is 32.9 Å². The number of hydrogen-bond donors (Lipinski definition) is 1. The van der Waals surface area contributed by atoms with Crippen LogP contribution in [0.4, 0.5) is 0 Å². The van der Waals surface area contributed by atoms with Crippen molar-refractivity contribution in [3.05, 3.63) is 12.4 Å². The van der Waals surface area contributed by atoms with Crippen LogP contribution in [0.5, 0.6) is 5.75 Å². The van der Waals surface area contributed by atoms with Crippen LogP contribution in [-0.4, -0.2) is 27.0 Å². The van der Waals surface area contributed by atoms with Gasteiger partial charge in [0.25, 0.3) is 0 Å². The summed E-state index contributed by atoms with van der Waals surface area (Å²) in [4.78, 5) is 10.5. The van der Waals surface area contributed by atoms with Crippen LogP contribution < -0.4 is 4.74 Å². The van der Waals surface area contributed by atoms with Gasteiger partial charge in [0.15, 0.2) is 11.9 Å². The Bertz CT molecular complexity index is 320. The molecule has 1 N–H and O–H groups in total. The quantitative estimate of drug-likeness (QED) is 0.792. The summed E-state index contributed by atoms with van der Waals surface area (Å²) in [6, 6.07) is 0.243. The van der Waals surface area contributed by atoms with Gasteiger partial charge >= 0.3 is 5.97 Å². The third-order valence-electron chi connectivity index (χ3n) is 1.77. The minimum Gasteiger partial charge on any atom is -0.479 e. The molecule has 0 saturated carbocycles. The van der Waals surface area contributed by atoms with Crippen LogP contribution in [0.25, 0.3) is 0 Å². The van der Waals surface area contributed by atoms with E-state index in [9.17, 15) is 4.79 Å². The molecule has 1 rings (SSSR count). The second-order valence-corrected chi connectivity index (χ2v) is 3.35. The lowest BCUT2D eigenvalue weighted by molar-refractivity contribution is -0.144. The smallest absolute Gasteiger partial charge is 0.344 e. The number of rotatable bonds is 4. The summed E-state index contributed by atoms with van der Waals surface area (Å²) in [5.41, 5.74) is 0. The highest BCUT2D eigenvalue weighted by atomic mass is 16.5. The maximum absolute atomic E-state index is 10.5. The first-order chi connectivity index (χ1) is 6.50. The molecule has 1 heterocycles. The van der Waals surface area contributed by atoms with E-state index in [1.165, 1.54) is 13.1 Å². The highest BCUT2D eigenvalue weighted by Crippen LogP contribution is 2.13. The topological polar surface area (TPSA) is 64.3 Å². The molecular weight excluding hydrogens is 184 g/mol. The summed E-state index contributed by atoms with van der Waals surface area (Å²) in [7, 11) is 0. The SMILES string of the molecule is CC(C)n1cc(O[C@@H](C)C(=O)O)cn1. The van der Waals surface area contributed by atoms with E-state index < -0.39 is 12.1 Å². The van der Waals surface area contributed by atoms with Crippen LogP contribution in [0.3, 0.4) is 0 Å². The molecule has 0 spiro atoms. The monoisotopic (exact) mass is 198 g/mol. The van der Waals surface area contributed by atoms with E-state index in [2.05, 4.69) is 5.10 Å². The van der Waals surface area contributed by atoms with Crippen molar-refractivity contribution in [2.24, 2.45) is 0 Å². The zero-order valence-corrected chi connectivity index (χ0v) is 8.47. The zero-order valence-electron chi connectivity index (χ0n) is 8.47. The van der Waals surface area contributed by atoms with Crippen LogP contribution in [0, 0.1) is 0 Å². The van der Waals surface area contributed by atoms with Crippen molar-refractivity contribution in [2.75, 3.05) is 0 Å². The van der Waals surface area contributed by atoms with E-state index in [4.69, 9.17) is 9.84 Å². The van der Waals surface area contributed by atoms with Crippen molar-refractivity contribution in [3.63, 3.8) is 0 Å². The fraction of sp³-hybridized carbons (Fsp3) is 0.556. The molecule has 0 aliphatic rings. The Kier molecular flexibility index (Phi) is 3.11. The van der Waals surface area contributed by atoms with Crippen molar-refractivity contribution >= 4 is 5.97 Å². The molecular formula is C9H14N2O3. The molecule has 0 aromatic carbocycles. The van der Waals surface area contributed by atoms with Gasteiger partial charge in [-0.25, -0.2) is 4.79 Å². The number of nitrogens with zero attached hydrogens (tertiary/aromatic N) is 2. The molecule has 78 valence electrons. The Balaban J connectivity index is 2.64. The van der Waals surface area contributed by atoms with Gasteiger partial charge in [0.05, 0.1) is 12.4 Å². The zero-order chi connectivity index (χ0) is 10.7. The summed E-state index contributed by atoms with van der Waals surface area (Å²) in [5, 5.41) is 12.6. The van der Waals surface area contributed by atoms with Gasteiger partial charge in [-0.2, -0.15) is 5.10 Å². The summed E-state index contributed by atoms with van der Waals surface area (Å²) in [5.74, 6) is -0.504. The summed E-state index contributed by atoms with van der Waals surface area (Å²) in [6.45, 7) is 5.45. The van der Waals surface area contributed by atoms with Gasteiger partial charge in [-0.15, -0.1) is 0 Å². The normalized spacial score (nSPS) is 12.9. The number of carboxylic acids is 1. The third kappa shape index (κ3) is 2.48. The predicted molar refractivity (Wildman–Crippen MR) is 50.3 cm³/mol. The van der Waals surface area contributed by atoms with Crippen LogP contribution in [0.1, 0.15) is 26.8 Å². The number of carbonyl (C=O) groups is 1. The number of carboxylic acid groups (broad SMARTS) is 1. The lowest BCUT2D eigenvalue weighted by Crippen LogP contribution is -2.22. The number of ether oxygens (including phenoxy) is 1. The molecule has 14 heavy (non-hydrogen) atoms. The van der Waals surface area contributed by atoms with Crippen LogP contribution in [0.15, 0.2) is 12.4 Å².